The third-order valence-corrected chi connectivity index (χ3v) is 4.07. The number of alkyl halides is 3. The van der Waals surface area contributed by atoms with E-state index < -0.39 is 23.4 Å². The maximum atomic E-state index is 12.5. The Hall–Kier alpha value is -3.07. The fourth-order valence-electron chi connectivity index (χ4n) is 2.68. The third kappa shape index (κ3) is 3.72. The number of rotatable bonds is 3. The first-order chi connectivity index (χ1) is 12.6. The van der Waals surface area contributed by atoms with E-state index in [1.165, 1.54) is 24.4 Å². The highest BCUT2D eigenvalue weighted by Crippen LogP contribution is 2.35. The van der Waals surface area contributed by atoms with E-state index in [9.17, 15) is 22.8 Å². The highest BCUT2D eigenvalue weighted by atomic mass is 35.5. The molecule has 0 unspecified atom stereocenters. The number of nitrogens with one attached hydrogen (secondary N) is 1. The highest BCUT2D eigenvalue weighted by Gasteiger charge is 2.32. The Morgan fingerprint density at radius 3 is 2.63 bits per heavy atom. The zero-order chi connectivity index (χ0) is 19.9. The molecule has 0 bridgehead atoms. The second kappa shape index (κ2) is 6.58. The summed E-state index contributed by atoms with van der Waals surface area (Å²) in [5.74, 6) is -1.40. The van der Waals surface area contributed by atoms with Crippen LogP contribution in [-0.2, 0) is 0 Å². The second-order valence-corrected chi connectivity index (χ2v) is 6.05. The number of fused-ring (bicyclic) bond motifs is 1. The first-order valence-corrected chi connectivity index (χ1v) is 7.82. The number of carbonyl (C=O) groups excluding carboxylic acids is 1. The molecule has 3 rings (SSSR count). The van der Waals surface area contributed by atoms with Gasteiger partial charge in [0.05, 0.1) is 21.6 Å². The average Bonchev–Trinajstić information content (AvgIpc) is 2.55. The van der Waals surface area contributed by atoms with Gasteiger partial charge in [-0.2, -0.15) is 0 Å². The van der Waals surface area contributed by atoms with Crippen molar-refractivity contribution in [3.63, 3.8) is 0 Å². The molecule has 3 N–H and O–H groups in total. The summed E-state index contributed by atoms with van der Waals surface area (Å²) in [6.07, 6.45) is -3.57. The van der Waals surface area contributed by atoms with Gasteiger partial charge in [0.1, 0.15) is 11.4 Å². The molecule has 0 saturated heterocycles. The summed E-state index contributed by atoms with van der Waals surface area (Å²) < 4.78 is 41.2. The van der Waals surface area contributed by atoms with E-state index in [0.717, 1.165) is 6.07 Å². The Bertz CT molecular complexity index is 1130. The van der Waals surface area contributed by atoms with Crippen molar-refractivity contribution < 1.29 is 22.7 Å². The topological polar surface area (TPSA) is 98.1 Å². The molecule has 0 aliphatic rings. The van der Waals surface area contributed by atoms with E-state index in [-0.39, 0.29) is 16.1 Å². The van der Waals surface area contributed by atoms with Gasteiger partial charge in [0.2, 0.25) is 0 Å². The van der Waals surface area contributed by atoms with Crippen molar-refractivity contribution in [2.24, 2.45) is 5.73 Å². The predicted molar refractivity (Wildman–Crippen MR) is 92.7 cm³/mol. The largest absolute Gasteiger partial charge is 0.573 e. The van der Waals surface area contributed by atoms with E-state index in [4.69, 9.17) is 17.3 Å². The zero-order valence-electron chi connectivity index (χ0n) is 13.6. The number of halogens is 4. The lowest BCUT2D eigenvalue weighted by Crippen LogP contribution is -2.18. The van der Waals surface area contributed by atoms with Crippen LogP contribution in [0.5, 0.6) is 5.75 Å². The van der Waals surface area contributed by atoms with Crippen molar-refractivity contribution in [3.8, 4) is 17.0 Å². The van der Waals surface area contributed by atoms with Crippen LogP contribution in [0.4, 0.5) is 13.2 Å². The molecule has 0 fully saturated rings. The van der Waals surface area contributed by atoms with Gasteiger partial charge < -0.3 is 15.5 Å². The Kier molecular flexibility index (Phi) is 4.56. The van der Waals surface area contributed by atoms with E-state index in [1.807, 2.05) is 0 Å². The van der Waals surface area contributed by atoms with Crippen LogP contribution < -0.4 is 15.9 Å². The Morgan fingerprint density at radius 1 is 1.30 bits per heavy atom. The number of benzene rings is 1. The van der Waals surface area contributed by atoms with Gasteiger partial charge >= 0.3 is 6.36 Å². The molecule has 2 aromatic heterocycles. The zero-order valence-corrected chi connectivity index (χ0v) is 14.4. The number of nitrogens with zero attached hydrogens (tertiary/aromatic N) is 1. The number of nitrogens with two attached hydrogens (primary N) is 1. The molecule has 0 atom stereocenters. The minimum absolute atomic E-state index is 0.0227. The highest BCUT2D eigenvalue weighted by molar-refractivity contribution is 6.32. The van der Waals surface area contributed by atoms with Gasteiger partial charge in [-0.25, -0.2) is 0 Å². The molecule has 2 heterocycles. The minimum Gasteiger partial charge on any atom is -0.404 e. The lowest BCUT2D eigenvalue weighted by Gasteiger charge is -2.14. The molecule has 1 amide bonds. The van der Waals surface area contributed by atoms with E-state index in [2.05, 4.69) is 14.7 Å². The van der Waals surface area contributed by atoms with Crippen LogP contribution in [0.1, 0.15) is 16.1 Å². The fraction of sp³-hybridized carbons (Fsp3) is 0.118. The lowest BCUT2D eigenvalue weighted by atomic mass is 10.0. The van der Waals surface area contributed by atoms with Gasteiger partial charge in [-0.15, -0.1) is 13.2 Å². The SMILES string of the molecule is Cc1cc(OC(F)(F)F)c(Cl)cc1-c1cc(=O)c2c(C(N)=O)nccc2[nH]1. The van der Waals surface area contributed by atoms with E-state index >= 15 is 0 Å². The molecule has 6 nitrogen and oxygen atoms in total. The first-order valence-electron chi connectivity index (χ1n) is 7.45. The first kappa shape index (κ1) is 18.7. The average molecular weight is 398 g/mol. The Balaban J connectivity index is 2.18. The molecule has 140 valence electrons. The summed E-state index contributed by atoms with van der Waals surface area (Å²) in [5, 5.41) is -0.254. The number of carbonyl (C=O) groups is 1. The molecule has 1 aromatic carbocycles. The number of ether oxygens (including phenoxy) is 1. The van der Waals surface area contributed by atoms with Gasteiger partial charge in [0.15, 0.2) is 5.43 Å². The fourth-order valence-corrected chi connectivity index (χ4v) is 2.88. The molecule has 0 radical (unpaired) electrons. The quantitative estimate of drug-likeness (QED) is 0.706. The monoisotopic (exact) mass is 397 g/mol. The van der Waals surface area contributed by atoms with Crippen molar-refractivity contribution in [1.82, 2.24) is 9.97 Å². The number of aryl methyl sites for hydroxylation is 1. The standard InChI is InChI=1S/C17H11ClF3N3O3/c1-7-4-13(27-17(19,20)21)9(18)5-8(7)11-6-12(25)14-10(24-11)2-3-23-15(14)16(22)26/h2-6H,1H3,(H2,22,26)(H,24,25). The molecule has 0 aliphatic carbocycles. The van der Waals surface area contributed by atoms with Gasteiger partial charge in [0.25, 0.3) is 5.91 Å². The maximum Gasteiger partial charge on any atom is 0.573 e. The summed E-state index contributed by atoms with van der Waals surface area (Å²) in [7, 11) is 0. The van der Waals surface area contributed by atoms with Crippen LogP contribution >= 0.6 is 11.6 Å². The van der Waals surface area contributed by atoms with Gasteiger partial charge in [0, 0.05) is 17.8 Å². The van der Waals surface area contributed by atoms with Crippen molar-refractivity contribution in [3.05, 3.63) is 57.0 Å². The van der Waals surface area contributed by atoms with Crippen LogP contribution in [0.3, 0.4) is 0 Å². The number of hydrogen-bond acceptors (Lipinski definition) is 4. The number of pyridine rings is 2. The molecular formula is C17H11ClF3N3O3. The van der Waals surface area contributed by atoms with Crippen LogP contribution in [0, 0.1) is 6.92 Å². The van der Waals surface area contributed by atoms with Crippen molar-refractivity contribution >= 4 is 28.4 Å². The van der Waals surface area contributed by atoms with Crippen LogP contribution in [0.2, 0.25) is 5.02 Å². The number of aromatic amines is 1. The summed E-state index contributed by atoms with van der Waals surface area (Å²) >= 11 is 5.89. The van der Waals surface area contributed by atoms with Crippen molar-refractivity contribution in [2.45, 2.75) is 13.3 Å². The van der Waals surface area contributed by atoms with E-state index in [1.54, 1.807) is 6.92 Å². The molecule has 3 aromatic rings. The Morgan fingerprint density at radius 2 is 2.00 bits per heavy atom. The van der Waals surface area contributed by atoms with Crippen LogP contribution in [-0.4, -0.2) is 22.2 Å². The molecule has 10 heteroatoms. The third-order valence-electron chi connectivity index (χ3n) is 3.77. The van der Waals surface area contributed by atoms with E-state index in [0.29, 0.717) is 22.3 Å². The van der Waals surface area contributed by atoms with Crippen molar-refractivity contribution in [1.29, 1.82) is 0 Å². The summed E-state index contributed by atoms with van der Waals surface area (Å²) in [6, 6.07) is 5.05. The summed E-state index contributed by atoms with van der Waals surface area (Å²) in [4.78, 5) is 30.7. The number of amides is 1. The number of primary amides is 1. The summed E-state index contributed by atoms with van der Waals surface area (Å²) in [6.45, 7) is 1.54. The molecule has 0 aliphatic heterocycles. The Labute approximate surface area is 154 Å². The molecule has 0 saturated carbocycles. The molecular weight excluding hydrogens is 387 g/mol. The predicted octanol–water partition coefficient (Wildman–Crippen LogP) is 3.55. The number of H-pyrrole nitrogens is 1. The maximum absolute atomic E-state index is 12.5. The number of aromatic nitrogens is 2. The minimum atomic E-state index is -4.88. The van der Waals surface area contributed by atoms with Crippen LogP contribution in [0.25, 0.3) is 22.2 Å². The molecule has 0 spiro atoms. The number of hydrogen-bond donors (Lipinski definition) is 2. The van der Waals surface area contributed by atoms with Gasteiger partial charge in [-0.05, 0) is 30.7 Å². The van der Waals surface area contributed by atoms with Gasteiger partial charge in [-0.1, -0.05) is 11.6 Å². The lowest BCUT2D eigenvalue weighted by molar-refractivity contribution is -0.274. The second-order valence-electron chi connectivity index (χ2n) is 5.64. The smallest absolute Gasteiger partial charge is 0.404 e. The van der Waals surface area contributed by atoms with Gasteiger partial charge in [-0.3, -0.25) is 14.6 Å². The normalized spacial score (nSPS) is 11.6. The van der Waals surface area contributed by atoms with Crippen LogP contribution in [0.15, 0.2) is 35.3 Å². The molecule has 27 heavy (non-hydrogen) atoms. The summed E-state index contributed by atoms with van der Waals surface area (Å²) in [5.41, 5.74) is 5.91. The van der Waals surface area contributed by atoms with Crippen molar-refractivity contribution in [2.75, 3.05) is 0 Å².